The second kappa shape index (κ2) is 7.72. The maximum absolute atomic E-state index is 2.44. The Bertz CT molecular complexity index is 393. The molecular weight excluding hydrogens is 256 g/mol. The van der Waals surface area contributed by atoms with Crippen LogP contribution in [0.25, 0.3) is 0 Å². The van der Waals surface area contributed by atoms with Gasteiger partial charge in [-0.1, -0.05) is 20.8 Å². The molecule has 0 aliphatic carbocycles. The molecule has 21 heavy (non-hydrogen) atoms. The minimum atomic E-state index is 0.322. The van der Waals surface area contributed by atoms with E-state index in [9.17, 15) is 0 Å². The molecule has 0 radical (unpaired) electrons. The highest BCUT2D eigenvalue weighted by Crippen LogP contribution is 2.29. The summed E-state index contributed by atoms with van der Waals surface area (Å²) in [5, 5.41) is 0. The number of anilines is 2. The molecule has 0 unspecified atom stereocenters. The Morgan fingerprint density at radius 3 is 1.38 bits per heavy atom. The van der Waals surface area contributed by atoms with E-state index in [4.69, 9.17) is 0 Å². The van der Waals surface area contributed by atoms with Crippen LogP contribution in [0.2, 0.25) is 0 Å². The lowest BCUT2D eigenvalue weighted by atomic mass is 9.87. The fourth-order valence-electron chi connectivity index (χ4n) is 2.91. The molecule has 0 aliphatic rings. The van der Waals surface area contributed by atoms with Crippen LogP contribution in [-0.4, -0.2) is 26.2 Å². The minimum Gasteiger partial charge on any atom is -0.372 e. The van der Waals surface area contributed by atoms with Gasteiger partial charge in [0.25, 0.3) is 0 Å². The standard InChI is InChI=1S/C19H34N2/c1-8-20(9-2)17-12-16(15-19(5,6)7)13-18(14-17)21(10-3)11-4/h12-14H,8-11,15H2,1-7H3. The summed E-state index contributed by atoms with van der Waals surface area (Å²) in [5.74, 6) is 0. The Hall–Kier alpha value is -1.18. The molecule has 0 atom stereocenters. The van der Waals surface area contributed by atoms with Crippen LogP contribution in [0, 0.1) is 5.41 Å². The molecule has 0 aliphatic heterocycles. The quantitative estimate of drug-likeness (QED) is 0.699. The summed E-state index contributed by atoms with van der Waals surface area (Å²) in [6.07, 6.45) is 1.12. The van der Waals surface area contributed by atoms with Gasteiger partial charge >= 0.3 is 0 Å². The van der Waals surface area contributed by atoms with Crippen molar-refractivity contribution in [2.75, 3.05) is 36.0 Å². The van der Waals surface area contributed by atoms with Gasteiger partial charge in [0.05, 0.1) is 0 Å². The maximum Gasteiger partial charge on any atom is 0.0389 e. The van der Waals surface area contributed by atoms with Crippen molar-refractivity contribution in [2.45, 2.75) is 54.9 Å². The third kappa shape index (κ3) is 5.26. The molecule has 2 nitrogen and oxygen atoms in total. The zero-order chi connectivity index (χ0) is 16.0. The molecule has 0 saturated carbocycles. The fraction of sp³-hybridized carbons (Fsp3) is 0.684. The molecule has 2 heteroatoms. The van der Waals surface area contributed by atoms with Gasteiger partial charge in [-0.15, -0.1) is 0 Å². The zero-order valence-electron chi connectivity index (χ0n) is 15.2. The lowest BCUT2D eigenvalue weighted by Gasteiger charge is -2.28. The summed E-state index contributed by atoms with van der Waals surface area (Å²) in [4.78, 5) is 4.89. The molecule has 0 heterocycles. The predicted octanol–water partition coefficient (Wildman–Crippen LogP) is 4.97. The molecule has 1 rings (SSSR count). The minimum absolute atomic E-state index is 0.322. The normalized spacial score (nSPS) is 11.6. The van der Waals surface area contributed by atoms with E-state index in [-0.39, 0.29) is 0 Å². The summed E-state index contributed by atoms with van der Waals surface area (Å²) in [5.41, 5.74) is 4.50. The first kappa shape index (κ1) is 17.9. The van der Waals surface area contributed by atoms with Crippen molar-refractivity contribution in [2.24, 2.45) is 5.41 Å². The molecule has 0 N–H and O–H groups in total. The monoisotopic (exact) mass is 290 g/mol. The van der Waals surface area contributed by atoms with Crippen LogP contribution in [-0.2, 0) is 6.42 Å². The van der Waals surface area contributed by atoms with Gasteiger partial charge < -0.3 is 9.80 Å². The van der Waals surface area contributed by atoms with Crippen molar-refractivity contribution in [3.63, 3.8) is 0 Å². The highest BCUT2D eigenvalue weighted by Gasteiger charge is 2.15. The molecule has 0 amide bonds. The van der Waals surface area contributed by atoms with Crippen LogP contribution in [0.1, 0.15) is 54.0 Å². The highest BCUT2D eigenvalue weighted by molar-refractivity contribution is 5.62. The highest BCUT2D eigenvalue weighted by atomic mass is 15.1. The number of rotatable bonds is 7. The lowest BCUT2D eigenvalue weighted by Crippen LogP contribution is -2.25. The van der Waals surface area contributed by atoms with E-state index in [0.717, 1.165) is 32.6 Å². The van der Waals surface area contributed by atoms with Gasteiger partial charge in [-0.3, -0.25) is 0 Å². The first-order chi connectivity index (χ1) is 9.84. The van der Waals surface area contributed by atoms with E-state index in [1.54, 1.807) is 0 Å². The summed E-state index contributed by atoms with van der Waals surface area (Å²) in [6.45, 7) is 20.1. The molecule has 0 aromatic heterocycles. The first-order valence-electron chi connectivity index (χ1n) is 8.48. The van der Waals surface area contributed by atoms with Crippen LogP contribution in [0.3, 0.4) is 0 Å². The Balaban J connectivity index is 3.24. The van der Waals surface area contributed by atoms with Gasteiger partial charge in [-0.05, 0) is 63.3 Å². The van der Waals surface area contributed by atoms with E-state index in [0.29, 0.717) is 5.41 Å². The van der Waals surface area contributed by atoms with Crippen molar-refractivity contribution < 1.29 is 0 Å². The van der Waals surface area contributed by atoms with Crippen LogP contribution in [0.4, 0.5) is 11.4 Å². The molecule has 0 fully saturated rings. The van der Waals surface area contributed by atoms with Gasteiger partial charge in [0.15, 0.2) is 0 Å². The van der Waals surface area contributed by atoms with E-state index in [1.807, 2.05) is 0 Å². The Kier molecular flexibility index (Phi) is 6.57. The second-order valence-corrected chi connectivity index (χ2v) is 6.94. The Morgan fingerprint density at radius 1 is 0.714 bits per heavy atom. The second-order valence-electron chi connectivity index (χ2n) is 6.94. The number of hydrogen-bond donors (Lipinski definition) is 0. The van der Waals surface area contributed by atoms with E-state index >= 15 is 0 Å². The lowest BCUT2D eigenvalue weighted by molar-refractivity contribution is 0.411. The smallest absolute Gasteiger partial charge is 0.0389 e. The van der Waals surface area contributed by atoms with E-state index < -0.39 is 0 Å². The Labute approximate surface area is 132 Å². The topological polar surface area (TPSA) is 6.48 Å². The summed E-state index contributed by atoms with van der Waals surface area (Å²) < 4.78 is 0. The van der Waals surface area contributed by atoms with Crippen LogP contribution in [0.15, 0.2) is 18.2 Å². The predicted molar refractivity (Wildman–Crippen MR) is 96.7 cm³/mol. The van der Waals surface area contributed by atoms with E-state index in [2.05, 4.69) is 76.5 Å². The van der Waals surface area contributed by atoms with Gasteiger partial charge in [0.1, 0.15) is 0 Å². The Morgan fingerprint density at radius 2 is 1.10 bits per heavy atom. The molecule has 0 saturated heterocycles. The van der Waals surface area contributed by atoms with Gasteiger partial charge in [0.2, 0.25) is 0 Å². The van der Waals surface area contributed by atoms with Gasteiger partial charge in [0, 0.05) is 37.6 Å². The number of hydrogen-bond acceptors (Lipinski definition) is 2. The summed E-state index contributed by atoms with van der Waals surface area (Å²) in [6, 6.07) is 7.11. The SMILES string of the molecule is CCN(CC)c1cc(CC(C)(C)C)cc(N(CC)CC)c1. The maximum atomic E-state index is 2.44. The molecular formula is C19H34N2. The van der Waals surface area contributed by atoms with Crippen molar-refractivity contribution in [1.29, 1.82) is 0 Å². The number of nitrogens with zero attached hydrogens (tertiary/aromatic N) is 2. The largest absolute Gasteiger partial charge is 0.372 e. The average Bonchev–Trinajstić information content (AvgIpc) is 2.39. The molecule has 120 valence electrons. The molecule has 0 bridgehead atoms. The van der Waals surface area contributed by atoms with Crippen molar-refractivity contribution >= 4 is 11.4 Å². The molecule has 0 spiro atoms. The van der Waals surface area contributed by atoms with Crippen molar-refractivity contribution in [3.8, 4) is 0 Å². The first-order valence-corrected chi connectivity index (χ1v) is 8.48. The zero-order valence-corrected chi connectivity index (χ0v) is 15.2. The summed E-state index contributed by atoms with van der Waals surface area (Å²) in [7, 11) is 0. The van der Waals surface area contributed by atoms with Crippen molar-refractivity contribution in [1.82, 2.24) is 0 Å². The van der Waals surface area contributed by atoms with Gasteiger partial charge in [-0.2, -0.15) is 0 Å². The fourth-order valence-corrected chi connectivity index (χ4v) is 2.91. The average molecular weight is 290 g/mol. The van der Waals surface area contributed by atoms with Crippen LogP contribution >= 0.6 is 0 Å². The van der Waals surface area contributed by atoms with E-state index in [1.165, 1.54) is 16.9 Å². The van der Waals surface area contributed by atoms with Crippen LogP contribution in [0.5, 0.6) is 0 Å². The van der Waals surface area contributed by atoms with Crippen LogP contribution < -0.4 is 9.80 Å². The van der Waals surface area contributed by atoms with Gasteiger partial charge in [-0.25, -0.2) is 0 Å². The third-order valence-electron chi connectivity index (χ3n) is 3.95. The van der Waals surface area contributed by atoms with Crippen molar-refractivity contribution in [3.05, 3.63) is 23.8 Å². The third-order valence-corrected chi connectivity index (χ3v) is 3.95. The molecule has 1 aromatic carbocycles. The number of benzene rings is 1. The summed E-state index contributed by atoms with van der Waals surface area (Å²) >= 11 is 0. The molecule has 1 aromatic rings.